The number of carbonyl (C=O) groups excluding carboxylic acids is 1. The fourth-order valence-corrected chi connectivity index (χ4v) is 1.69. The largest absolute Gasteiger partial charge is 0.341 e. The number of H-pyrrole nitrogens is 1. The van der Waals surface area contributed by atoms with Crippen molar-refractivity contribution in [1.82, 2.24) is 9.88 Å². The van der Waals surface area contributed by atoms with Gasteiger partial charge in [-0.2, -0.15) is 0 Å². The fourth-order valence-electron chi connectivity index (χ4n) is 1.26. The number of nitrogens with one attached hydrogen (secondary N) is 1. The monoisotopic (exact) mass is 272 g/mol. The smallest absolute Gasteiger partial charge is 0.253 e. The number of pyridine rings is 1. The zero-order valence-electron chi connectivity index (χ0n) is 8.66. The maximum absolute atomic E-state index is 11.8. The standard InChI is InChI=1S/C10H13BrN2O2/c1-7(11)6-13(2)10(15)8-3-4-12-9(14)5-8/h3-5,7H,6H2,1-2H3,(H,12,14). The fraction of sp³-hybridized carbons (Fsp3) is 0.400. The van der Waals surface area contributed by atoms with Gasteiger partial charge in [0.2, 0.25) is 5.56 Å². The van der Waals surface area contributed by atoms with Crippen molar-refractivity contribution in [2.24, 2.45) is 0 Å². The second kappa shape index (κ2) is 5.11. The Labute approximate surface area is 96.4 Å². The average Bonchev–Trinajstić information content (AvgIpc) is 2.15. The molecule has 1 rings (SSSR count). The van der Waals surface area contributed by atoms with Gasteiger partial charge in [0.1, 0.15) is 0 Å². The van der Waals surface area contributed by atoms with E-state index in [1.54, 1.807) is 18.0 Å². The number of alkyl halides is 1. The summed E-state index contributed by atoms with van der Waals surface area (Å²) in [4.78, 5) is 27.1. The van der Waals surface area contributed by atoms with Crippen molar-refractivity contribution < 1.29 is 4.79 Å². The normalized spacial score (nSPS) is 12.2. The predicted octanol–water partition coefficient (Wildman–Crippen LogP) is 1.23. The van der Waals surface area contributed by atoms with Crippen LogP contribution in [0.15, 0.2) is 23.1 Å². The minimum Gasteiger partial charge on any atom is -0.341 e. The molecule has 15 heavy (non-hydrogen) atoms. The van der Waals surface area contributed by atoms with E-state index in [1.807, 2.05) is 6.92 Å². The Balaban J connectivity index is 2.80. The Morgan fingerprint density at radius 3 is 2.87 bits per heavy atom. The molecule has 0 aromatic carbocycles. The lowest BCUT2D eigenvalue weighted by Gasteiger charge is -2.18. The molecule has 1 amide bonds. The SMILES string of the molecule is CC(Br)CN(C)C(=O)c1cc[nH]c(=O)c1. The Hall–Kier alpha value is -1.10. The predicted molar refractivity (Wildman–Crippen MR) is 62.4 cm³/mol. The molecule has 1 atom stereocenters. The Kier molecular flexibility index (Phi) is 4.08. The van der Waals surface area contributed by atoms with Crippen molar-refractivity contribution in [1.29, 1.82) is 0 Å². The summed E-state index contributed by atoms with van der Waals surface area (Å²) in [6.07, 6.45) is 1.47. The minimum atomic E-state index is -0.263. The van der Waals surface area contributed by atoms with E-state index in [4.69, 9.17) is 0 Å². The number of hydrogen-bond acceptors (Lipinski definition) is 2. The maximum Gasteiger partial charge on any atom is 0.253 e. The van der Waals surface area contributed by atoms with Gasteiger partial charge < -0.3 is 9.88 Å². The van der Waals surface area contributed by atoms with Crippen LogP contribution in [0.25, 0.3) is 0 Å². The molecule has 0 radical (unpaired) electrons. The van der Waals surface area contributed by atoms with Crippen LogP contribution in [0.3, 0.4) is 0 Å². The number of hydrogen-bond donors (Lipinski definition) is 1. The molecule has 1 aromatic rings. The summed E-state index contributed by atoms with van der Waals surface area (Å²) in [7, 11) is 1.71. The second-order valence-electron chi connectivity index (χ2n) is 3.41. The molecule has 0 aliphatic rings. The van der Waals surface area contributed by atoms with Crippen molar-refractivity contribution in [3.8, 4) is 0 Å². The van der Waals surface area contributed by atoms with Crippen LogP contribution in [0.5, 0.6) is 0 Å². The number of halogens is 1. The van der Waals surface area contributed by atoms with Gasteiger partial charge in [-0.1, -0.05) is 22.9 Å². The van der Waals surface area contributed by atoms with Crippen LogP contribution in [0.2, 0.25) is 0 Å². The Morgan fingerprint density at radius 2 is 2.33 bits per heavy atom. The van der Waals surface area contributed by atoms with E-state index in [9.17, 15) is 9.59 Å². The molecular formula is C10H13BrN2O2. The number of rotatable bonds is 3. The first-order valence-corrected chi connectivity index (χ1v) is 5.50. The summed E-state index contributed by atoms with van der Waals surface area (Å²) in [6, 6.07) is 2.90. The van der Waals surface area contributed by atoms with Crippen LogP contribution in [-0.4, -0.2) is 34.2 Å². The van der Waals surface area contributed by atoms with E-state index in [0.717, 1.165) is 0 Å². The van der Waals surface area contributed by atoms with Crippen LogP contribution in [-0.2, 0) is 0 Å². The van der Waals surface area contributed by atoms with E-state index in [1.165, 1.54) is 12.3 Å². The third-order valence-electron chi connectivity index (χ3n) is 1.89. The molecule has 1 unspecified atom stereocenters. The molecule has 1 N–H and O–H groups in total. The average molecular weight is 273 g/mol. The third-order valence-corrected chi connectivity index (χ3v) is 2.18. The lowest BCUT2D eigenvalue weighted by molar-refractivity contribution is 0.0797. The highest BCUT2D eigenvalue weighted by Gasteiger charge is 2.13. The van der Waals surface area contributed by atoms with Crippen molar-refractivity contribution in [2.75, 3.05) is 13.6 Å². The van der Waals surface area contributed by atoms with Crippen molar-refractivity contribution in [3.05, 3.63) is 34.2 Å². The molecule has 0 bridgehead atoms. The van der Waals surface area contributed by atoms with Gasteiger partial charge in [0.15, 0.2) is 0 Å². The van der Waals surface area contributed by atoms with Crippen molar-refractivity contribution in [2.45, 2.75) is 11.8 Å². The zero-order valence-corrected chi connectivity index (χ0v) is 10.2. The highest BCUT2D eigenvalue weighted by molar-refractivity contribution is 9.09. The third kappa shape index (κ3) is 3.51. The van der Waals surface area contributed by atoms with E-state index in [2.05, 4.69) is 20.9 Å². The van der Waals surface area contributed by atoms with Gasteiger partial charge in [0.25, 0.3) is 5.91 Å². The first kappa shape index (κ1) is 12.0. The van der Waals surface area contributed by atoms with Crippen LogP contribution in [0.1, 0.15) is 17.3 Å². The lowest BCUT2D eigenvalue weighted by atomic mass is 10.2. The molecule has 0 saturated heterocycles. The van der Waals surface area contributed by atoms with Gasteiger partial charge in [-0.15, -0.1) is 0 Å². The van der Waals surface area contributed by atoms with Crippen LogP contribution in [0, 0.1) is 0 Å². The number of carbonyl (C=O) groups is 1. The molecule has 0 spiro atoms. The Morgan fingerprint density at radius 1 is 1.67 bits per heavy atom. The maximum atomic E-state index is 11.8. The molecule has 0 aliphatic heterocycles. The van der Waals surface area contributed by atoms with Gasteiger partial charge >= 0.3 is 0 Å². The first-order chi connectivity index (χ1) is 7.00. The summed E-state index contributed by atoms with van der Waals surface area (Å²) in [5.74, 6) is -0.146. The highest BCUT2D eigenvalue weighted by atomic mass is 79.9. The molecule has 0 aliphatic carbocycles. The topological polar surface area (TPSA) is 53.2 Å². The van der Waals surface area contributed by atoms with Gasteiger partial charge in [-0.25, -0.2) is 0 Å². The van der Waals surface area contributed by atoms with E-state index >= 15 is 0 Å². The van der Waals surface area contributed by atoms with Gasteiger partial charge in [-0.3, -0.25) is 9.59 Å². The van der Waals surface area contributed by atoms with Crippen LogP contribution in [0.4, 0.5) is 0 Å². The van der Waals surface area contributed by atoms with Gasteiger partial charge in [0.05, 0.1) is 0 Å². The number of aromatic amines is 1. The molecule has 1 aromatic heterocycles. The molecular weight excluding hydrogens is 260 g/mol. The van der Waals surface area contributed by atoms with Crippen LogP contribution >= 0.6 is 15.9 Å². The summed E-state index contributed by atoms with van der Waals surface area (Å²) in [5.41, 5.74) is 0.149. The van der Waals surface area contributed by atoms with Crippen LogP contribution < -0.4 is 5.56 Å². The van der Waals surface area contributed by atoms with E-state index in [-0.39, 0.29) is 16.3 Å². The zero-order chi connectivity index (χ0) is 11.4. The first-order valence-electron chi connectivity index (χ1n) is 4.59. The van der Waals surface area contributed by atoms with E-state index < -0.39 is 0 Å². The molecule has 1 heterocycles. The van der Waals surface area contributed by atoms with Gasteiger partial charge in [0, 0.05) is 36.2 Å². The van der Waals surface area contributed by atoms with Crippen molar-refractivity contribution in [3.63, 3.8) is 0 Å². The summed E-state index contributed by atoms with van der Waals surface area (Å²) in [5, 5.41) is 0. The minimum absolute atomic E-state index is 0.146. The highest BCUT2D eigenvalue weighted by Crippen LogP contribution is 2.04. The molecule has 4 nitrogen and oxygen atoms in total. The molecule has 5 heteroatoms. The summed E-state index contributed by atoms with van der Waals surface area (Å²) in [6.45, 7) is 2.56. The Bertz CT molecular complexity index is 400. The molecule has 82 valence electrons. The number of aromatic nitrogens is 1. The summed E-state index contributed by atoms with van der Waals surface area (Å²) < 4.78 is 0. The molecule has 0 saturated carbocycles. The molecule has 0 fully saturated rings. The number of nitrogens with zero attached hydrogens (tertiary/aromatic N) is 1. The van der Waals surface area contributed by atoms with Gasteiger partial charge in [-0.05, 0) is 6.07 Å². The second-order valence-corrected chi connectivity index (χ2v) is 4.97. The summed E-state index contributed by atoms with van der Waals surface area (Å²) >= 11 is 3.37. The quantitative estimate of drug-likeness (QED) is 0.842. The number of amides is 1. The van der Waals surface area contributed by atoms with Crippen molar-refractivity contribution >= 4 is 21.8 Å². The van der Waals surface area contributed by atoms with E-state index in [0.29, 0.717) is 12.1 Å². The lowest BCUT2D eigenvalue weighted by Crippen LogP contribution is -2.31.